The van der Waals surface area contributed by atoms with Crippen LogP contribution in [0.25, 0.3) is 0 Å². The van der Waals surface area contributed by atoms with E-state index >= 15 is 0 Å². The second-order valence-electron chi connectivity index (χ2n) is 5.03. The van der Waals surface area contributed by atoms with E-state index in [1.165, 1.54) is 68.6 Å². The van der Waals surface area contributed by atoms with Gasteiger partial charge in [-0.05, 0) is 38.5 Å². The fourth-order valence-electron chi connectivity index (χ4n) is 2.78. The van der Waals surface area contributed by atoms with Crippen molar-refractivity contribution in [2.45, 2.75) is 71.1 Å². The van der Waals surface area contributed by atoms with E-state index in [2.05, 4.69) is 18.8 Å². The van der Waals surface area contributed by atoms with Gasteiger partial charge in [0.1, 0.15) is 5.82 Å². The van der Waals surface area contributed by atoms with Crippen molar-refractivity contribution >= 4 is 0 Å². The highest BCUT2D eigenvalue weighted by Crippen LogP contribution is 2.27. The zero-order chi connectivity index (χ0) is 11.4. The molecule has 0 radical (unpaired) electrons. The molecular formula is C14H24N2. The Morgan fingerprint density at radius 1 is 1.12 bits per heavy atom. The summed E-state index contributed by atoms with van der Waals surface area (Å²) in [5, 5.41) is 0. The van der Waals surface area contributed by atoms with Crippen molar-refractivity contribution in [3.63, 3.8) is 0 Å². The predicted molar refractivity (Wildman–Crippen MR) is 67.8 cm³/mol. The smallest absolute Gasteiger partial charge is 0.109 e. The van der Waals surface area contributed by atoms with Crippen LogP contribution in [0.15, 0.2) is 0 Å². The summed E-state index contributed by atoms with van der Waals surface area (Å²) in [5.74, 6) is 1.94. The Labute approximate surface area is 98.9 Å². The van der Waals surface area contributed by atoms with Crippen LogP contribution < -0.4 is 0 Å². The molecule has 0 bridgehead atoms. The third-order valence-corrected chi connectivity index (χ3v) is 3.63. The first-order valence-electron chi connectivity index (χ1n) is 6.92. The van der Waals surface area contributed by atoms with Crippen LogP contribution in [0, 0.1) is 0 Å². The Bertz CT molecular complexity index is 298. The lowest BCUT2D eigenvalue weighted by Crippen LogP contribution is -2.01. The van der Waals surface area contributed by atoms with Gasteiger partial charge < -0.3 is 4.98 Å². The molecule has 1 aliphatic rings. The van der Waals surface area contributed by atoms with Gasteiger partial charge in [0.25, 0.3) is 0 Å². The van der Waals surface area contributed by atoms with Crippen molar-refractivity contribution in [1.29, 1.82) is 0 Å². The Kier molecular flexibility index (Phi) is 4.03. The van der Waals surface area contributed by atoms with Crippen LogP contribution in [0.4, 0.5) is 0 Å². The molecule has 0 saturated heterocycles. The van der Waals surface area contributed by atoms with Gasteiger partial charge in [0.05, 0.1) is 5.69 Å². The van der Waals surface area contributed by atoms with Crippen LogP contribution in [0.2, 0.25) is 0 Å². The quantitative estimate of drug-likeness (QED) is 0.799. The molecule has 0 atom stereocenters. The first kappa shape index (κ1) is 11.7. The molecule has 0 saturated carbocycles. The molecule has 0 spiro atoms. The molecule has 1 N–H and O–H groups in total. The van der Waals surface area contributed by atoms with E-state index in [0.717, 1.165) is 0 Å². The molecule has 2 nitrogen and oxygen atoms in total. The van der Waals surface area contributed by atoms with Crippen LogP contribution >= 0.6 is 0 Å². The highest BCUT2D eigenvalue weighted by molar-refractivity contribution is 5.19. The number of hydrogen-bond donors (Lipinski definition) is 1. The summed E-state index contributed by atoms with van der Waals surface area (Å²) in [6, 6.07) is 0. The number of hydrogen-bond acceptors (Lipinski definition) is 1. The standard InChI is InChI=1S/C14H24N2/c1-3-7-11(8-4-2)14-15-12-9-5-6-10-13(12)16-14/h11H,3-10H2,1-2H3,(H,15,16). The van der Waals surface area contributed by atoms with E-state index in [1.54, 1.807) is 0 Å². The lowest BCUT2D eigenvalue weighted by molar-refractivity contribution is 0.537. The van der Waals surface area contributed by atoms with Gasteiger partial charge in [-0.1, -0.05) is 26.7 Å². The van der Waals surface area contributed by atoms with Crippen LogP contribution in [0.3, 0.4) is 0 Å². The second-order valence-corrected chi connectivity index (χ2v) is 5.03. The number of fused-ring (bicyclic) bond motifs is 1. The number of rotatable bonds is 5. The lowest BCUT2D eigenvalue weighted by atomic mass is 9.98. The largest absolute Gasteiger partial charge is 0.345 e. The molecule has 2 heteroatoms. The molecule has 1 aromatic heterocycles. The summed E-state index contributed by atoms with van der Waals surface area (Å²) >= 11 is 0. The van der Waals surface area contributed by atoms with Crippen molar-refractivity contribution in [1.82, 2.24) is 9.97 Å². The van der Waals surface area contributed by atoms with Gasteiger partial charge in [0, 0.05) is 11.6 Å². The van der Waals surface area contributed by atoms with E-state index in [0.29, 0.717) is 5.92 Å². The number of aryl methyl sites for hydroxylation is 2. The maximum Gasteiger partial charge on any atom is 0.109 e. The van der Waals surface area contributed by atoms with E-state index in [1.807, 2.05) is 0 Å². The summed E-state index contributed by atoms with van der Waals surface area (Å²) in [6.45, 7) is 4.54. The summed E-state index contributed by atoms with van der Waals surface area (Å²) in [7, 11) is 0. The van der Waals surface area contributed by atoms with Crippen LogP contribution in [-0.4, -0.2) is 9.97 Å². The lowest BCUT2D eigenvalue weighted by Gasteiger charge is -2.11. The van der Waals surface area contributed by atoms with E-state index in [-0.39, 0.29) is 0 Å². The highest BCUT2D eigenvalue weighted by Gasteiger charge is 2.19. The third-order valence-electron chi connectivity index (χ3n) is 3.63. The predicted octanol–water partition coefficient (Wildman–Crippen LogP) is 3.97. The number of aromatic amines is 1. The summed E-state index contributed by atoms with van der Waals surface area (Å²) in [4.78, 5) is 8.43. The van der Waals surface area contributed by atoms with Crippen molar-refractivity contribution in [3.05, 3.63) is 17.2 Å². The SMILES string of the molecule is CCCC(CCC)c1nc2c([nH]1)CCCC2. The fourth-order valence-corrected chi connectivity index (χ4v) is 2.78. The molecule has 1 aromatic rings. The number of nitrogens with one attached hydrogen (secondary N) is 1. The third kappa shape index (κ3) is 2.47. The molecule has 2 rings (SSSR count). The highest BCUT2D eigenvalue weighted by atomic mass is 14.9. The Morgan fingerprint density at radius 3 is 2.44 bits per heavy atom. The molecule has 0 amide bonds. The van der Waals surface area contributed by atoms with Gasteiger partial charge in [-0.3, -0.25) is 0 Å². The monoisotopic (exact) mass is 220 g/mol. The first-order chi connectivity index (χ1) is 7.85. The zero-order valence-corrected chi connectivity index (χ0v) is 10.7. The maximum atomic E-state index is 4.83. The molecule has 0 aromatic carbocycles. The van der Waals surface area contributed by atoms with Crippen molar-refractivity contribution in [2.75, 3.05) is 0 Å². The average Bonchev–Trinajstić information content (AvgIpc) is 2.72. The van der Waals surface area contributed by atoms with Gasteiger partial charge >= 0.3 is 0 Å². The fraction of sp³-hybridized carbons (Fsp3) is 0.786. The average molecular weight is 220 g/mol. The van der Waals surface area contributed by atoms with Crippen LogP contribution in [0.5, 0.6) is 0 Å². The van der Waals surface area contributed by atoms with Crippen LogP contribution in [0.1, 0.15) is 75.5 Å². The number of H-pyrrole nitrogens is 1. The van der Waals surface area contributed by atoms with E-state index in [9.17, 15) is 0 Å². The minimum Gasteiger partial charge on any atom is -0.345 e. The zero-order valence-electron chi connectivity index (χ0n) is 10.7. The van der Waals surface area contributed by atoms with Crippen molar-refractivity contribution < 1.29 is 0 Å². The van der Waals surface area contributed by atoms with Gasteiger partial charge in [-0.25, -0.2) is 4.98 Å². The number of imidazole rings is 1. The topological polar surface area (TPSA) is 28.7 Å². The minimum absolute atomic E-state index is 0.667. The van der Waals surface area contributed by atoms with Gasteiger partial charge in [-0.2, -0.15) is 0 Å². The Balaban J connectivity index is 2.14. The molecular weight excluding hydrogens is 196 g/mol. The number of nitrogens with zero attached hydrogens (tertiary/aromatic N) is 1. The van der Waals surface area contributed by atoms with Crippen molar-refractivity contribution in [2.24, 2.45) is 0 Å². The summed E-state index contributed by atoms with van der Waals surface area (Å²) in [5.41, 5.74) is 2.79. The minimum atomic E-state index is 0.667. The molecule has 0 fully saturated rings. The van der Waals surface area contributed by atoms with E-state index < -0.39 is 0 Å². The summed E-state index contributed by atoms with van der Waals surface area (Å²) < 4.78 is 0. The maximum absolute atomic E-state index is 4.83. The van der Waals surface area contributed by atoms with Gasteiger partial charge in [0.15, 0.2) is 0 Å². The van der Waals surface area contributed by atoms with E-state index in [4.69, 9.17) is 4.98 Å². The van der Waals surface area contributed by atoms with Crippen molar-refractivity contribution in [3.8, 4) is 0 Å². The molecule has 16 heavy (non-hydrogen) atoms. The normalized spacial score (nSPS) is 15.4. The second kappa shape index (κ2) is 5.51. The van der Waals surface area contributed by atoms with Gasteiger partial charge in [-0.15, -0.1) is 0 Å². The summed E-state index contributed by atoms with van der Waals surface area (Å²) in [6.07, 6.45) is 10.1. The molecule has 1 heterocycles. The molecule has 90 valence electrons. The Hall–Kier alpha value is -0.790. The first-order valence-corrected chi connectivity index (χ1v) is 6.92. The molecule has 0 aliphatic heterocycles. The van der Waals surface area contributed by atoms with Gasteiger partial charge in [0.2, 0.25) is 0 Å². The number of aromatic nitrogens is 2. The molecule has 0 unspecified atom stereocenters. The van der Waals surface area contributed by atoms with Crippen LogP contribution in [-0.2, 0) is 12.8 Å². The molecule has 1 aliphatic carbocycles. The Morgan fingerprint density at radius 2 is 1.81 bits per heavy atom.